The van der Waals surface area contributed by atoms with E-state index in [1.54, 1.807) is 7.11 Å². The third-order valence-corrected chi connectivity index (χ3v) is 5.10. The van der Waals surface area contributed by atoms with Gasteiger partial charge in [-0.1, -0.05) is 13.8 Å². The summed E-state index contributed by atoms with van der Waals surface area (Å²) in [5, 5.41) is 0. The fourth-order valence-corrected chi connectivity index (χ4v) is 3.76. The van der Waals surface area contributed by atoms with E-state index in [0.29, 0.717) is 12.0 Å². The Morgan fingerprint density at radius 1 is 1.44 bits per heavy atom. The maximum absolute atomic E-state index is 6.75. The molecule has 2 rings (SSSR count). The first kappa shape index (κ1) is 14.3. The largest absolute Gasteiger partial charge is 0.383 e. The van der Waals surface area contributed by atoms with Gasteiger partial charge >= 0.3 is 0 Å². The maximum atomic E-state index is 6.75. The molecule has 106 valence electrons. The molecule has 3 atom stereocenters. The normalized spacial score (nSPS) is 38.3. The molecule has 0 aromatic heterocycles. The topological polar surface area (TPSA) is 47.7 Å². The molecule has 1 heterocycles. The molecule has 2 fully saturated rings. The molecule has 0 radical (unpaired) electrons. The van der Waals surface area contributed by atoms with Crippen molar-refractivity contribution in [3.05, 3.63) is 0 Å². The van der Waals surface area contributed by atoms with Crippen LogP contribution in [0.2, 0.25) is 0 Å². The molecule has 0 spiro atoms. The molecular formula is C14H28N2O2. The molecule has 4 heteroatoms. The number of rotatable bonds is 5. The zero-order valence-electron chi connectivity index (χ0n) is 12.2. The fraction of sp³-hybridized carbons (Fsp3) is 1.00. The van der Waals surface area contributed by atoms with Gasteiger partial charge < -0.3 is 20.1 Å². The lowest BCUT2D eigenvalue weighted by molar-refractivity contribution is -0.231. The molecule has 18 heavy (non-hydrogen) atoms. The highest BCUT2D eigenvalue weighted by Crippen LogP contribution is 2.57. The Kier molecular flexibility index (Phi) is 4.02. The van der Waals surface area contributed by atoms with E-state index >= 15 is 0 Å². The number of likely N-dealkylation sites (N-methyl/N-ethyl adjacent to an activating group) is 1. The van der Waals surface area contributed by atoms with Crippen LogP contribution in [0.15, 0.2) is 0 Å². The SMILES string of the molecule is COCCN(C)CC1(N)C2CCCOC2C1(C)C. The second-order valence-electron chi connectivity index (χ2n) is 6.53. The van der Waals surface area contributed by atoms with E-state index in [1.807, 2.05) is 0 Å². The van der Waals surface area contributed by atoms with Crippen LogP contribution < -0.4 is 5.73 Å². The number of ether oxygens (including phenoxy) is 2. The first-order valence-corrected chi connectivity index (χ1v) is 7.01. The summed E-state index contributed by atoms with van der Waals surface area (Å²) in [4.78, 5) is 2.29. The van der Waals surface area contributed by atoms with Crippen molar-refractivity contribution in [3.63, 3.8) is 0 Å². The van der Waals surface area contributed by atoms with Crippen LogP contribution in [0, 0.1) is 11.3 Å². The summed E-state index contributed by atoms with van der Waals surface area (Å²) in [7, 11) is 3.87. The van der Waals surface area contributed by atoms with Crippen molar-refractivity contribution in [2.24, 2.45) is 17.1 Å². The Bertz CT molecular complexity index is 296. The zero-order valence-corrected chi connectivity index (χ0v) is 12.2. The summed E-state index contributed by atoms with van der Waals surface area (Å²) in [6, 6.07) is 0. The Morgan fingerprint density at radius 3 is 2.83 bits per heavy atom. The van der Waals surface area contributed by atoms with Gasteiger partial charge in [-0.2, -0.15) is 0 Å². The van der Waals surface area contributed by atoms with E-state index in [2.05, 4.69) is 25.8 Å². The van der Waals surface area contributed by atoms with Gasteiger partial charge in [0, 0.05) is 43.7 Å². The average molecular weight is 256 g/mol. The van der Waals surface area contributed by atoms with Gasteiger partial charge in [0.05, 0.1) is 12.7 Å². The van der Waals surface area contributed by atoms with Crippen LogP contribution in [0.25, 0.3) is 0 Å². The standard InChI is InChI=1S/C14H28N2O2/c1-13(2)12-11(6-5-8-18-12)14(13,15)10-16(3)7-9-17-4/h11-12H,5-10,15H2,1-4H3. The van der Waals surface area contributed by atoms with Crippen LogP contribution in [0.3, 0.4) is 0 Å². The first-order chi connectivity index (χ1) is 8.43. The highest BCUT2D eigenvalue weighted by molar-refractivity contribution is 5.20. The number of hydrogen-bond donors (Lipinski definition) is 1. The number of fused-ring (bicyclic) bond motifs is 1. The van der Waals surface area contributed by atoms with Gasteiger partial charge in [-0.25, -0.2) is 0 Å². The summed E-state index contributed by atoms with van der Waals surface area (Å²) in [6.45, 7) is 8.03. The van der Waals surface area contributed by atoms with Gasteiger partial charge in [-0.3, -0.25) is 0 Å². The van der Waals surface area contributed by atoms with Crippen LogP contribution in [-0.2, 0) is 9.47 Å². The van der Waals surface area contributed by atoms with E-state index in [4.69, 9.17) is 15.2 Å². The van der Waals surface area contributed by atoms with Crippen LogP contribution in [0.4, 0.5) is 0 Å². The summed E-state index contributed by atoms with van der Waals surface area (Å²) in [6.07, 6.45) is 2.72. The van der Waals surface area contributed by atoms with Gasteiger partial charge in [0.2, 0.25) is 0 Å². The quantitative estimate of drug-likeness (QED) is 0.800. The molecule has 1 aliphatic carbocycles. The number of hydrogen-bond acceptors (Lipinski definition) is 4. The molecule has 1 saturated carbocycles. The predicted octanol–water partition coefficient (Wildman–Crippen LogP) is 1.10. The molecule has 1 aliphatic heterocycles. The summed E-state index contributed by atoms with van der Waals surface area (Å²) < 4.78 is 11.1. The smallest absolute Gasteiger partial charge is 0.0690 e. The minimum Gasteiger partial charge on any atom is -0.383 e. The van der Waals surface area contributed by atoms with Gasteiger partial charge in [0.15, 0.2) is 0 Å². The molecule has 3 unspecified atom stereocenters. The highest BCUT2D eigenvalue weighted by Gasteiger charge is 2.66. The molecule has 1 saturated heterocycles. The Hall–Kier alpha value is -0.160. The Balaban J connectivity index is 2.00. The molecule has 2 aliphatic rings. The molecule has 0 amide bonds. The monoisotopic (exact) mass is 256 g/mol. The van der Waals surface area contributed by atoms with Crippen molar-refractivity contribution in [3.8, 4) is 0 Å². The third kappa shape index (κ3) is 2.09. The number of nitrogens with two attached hydrogens (primary N) is 1. The lowest BCUT2D eigenvalue weighted by Gasteiger charge is -2.67. The molecular weight excluding hydrogens is 228 g/mol. The van der Waals surface area contributed by atoms with Gasteiger partial charge in [-0.05, 0) is 19.9 Å². The van der Waals surface area contributed by atoms with Crippen molar-refractivity contribution in [2.75, 3.05) is 40.5 Å². The third-order valence-electron chi connectivity index (χ3n) is 5.10. The lowest BCUT2D eigenvalue weighted by Crippen LogP contribution is -2.80. The fourth-order valence-electron chi connectivity index (χ4n) is 3.76. The van der Waals surface area contributed by atoms with Crippen molar-refractivity contribution in [1.29, 1.82) is 0 Å². The molecule has 2 N–H and O–H groups in total. The minimum absolute atomic E-state index is 0.0689. The Labute approximate surface area is 111 Å². The van der Waals surface area contributed by atoms with Gasteiger partial charge in [0.25, 0.3) is 0 Å². The molecule has 0 bridgehead atoms. The van der Waals surface area contributed by atoms with E-state index in [-0.39, 0.29) is 11.0 Å². The second-order valence-corrected chi connectivity index (χ2v) is 6.53. The van der Waals surface area contributed by atoms with Crippen molar-refractivity contribution < 1.29 is 9.47 Å². The summed E-state index contributed by atoms with van der Waals surface area (Å²) in [5.41, 5.74) is 6.69. The van der Waals surface area contributed by atoms with E-state index in [9.17, 15) is 0 Å². The Morgan fingerprint density at radius 2 is 2.17 bits per heavy atom. The zero-order chi connectivity index (χ0) is 13.4. The average Bonchev–Trinajstić information content (AvgIpc) is 2.36. The van der Waals surface area contributed by atoms with E-state index in [1.165, 1.54) is 6.42 Å². The minimum atomic E-state index is -0.124. The van der Waals surface area contributed by atoms with Crippen LogP contribution in [0.1, 0.15) is 26.7 Å². The van der Waals surface area contributed by atoms with Crippen LogP contribution in [-0.4, -0.2) is 57.0 Å². The van der Waals surface area contributed by atoms with Crippen molar-refractivity contribution in [1.82, 2.24) is 4.90 Å². The van der Waals surface area contributed by atoms with Gasteiger partial charge in [-0.15, -0.1) is 0 Å². The lowest BCUT2D eigenvalue weighted by atomic mass is 9.46. The van der Waals surface area contributed by atoms with E-state index < -0.39 is 0 Å². The maximum Gasteiger partial charge on any atom is 0.0690 e. The molecule has 0 aromatic rings. The number of nitrogens with zero attached hydrogens (tertiary/aromatic N) is 1. The van der Waals surface area contributed by atoms with Gasteiger partial charge in [0.1, 0.15) is 0 Å². The number of methoxy groups -OCH3 is 1. The molecule has 4 nitrogen and oxygen atoms in total. The van der Waals surface area contributed by atoms with Crippen LogP contribution >= 0.6 is 0 Å². The van der Waals surface area contributed by atoms with Crippen LogP contribution in [0.5, 0.6) is 0 Å². The highest BCUT2D eigenvalue weighted by atomic mass is 16.5. The first-order valence-electron chi connectivity index (χ1n) is 7.01. The summed E-state index contributed by atoms with van der Waals surface area (Å²) >= 11 is 0. The van der Waals surface area contributed by atoms with Crippen molar-refractivity contribution >= 4 is 0 Å². The molecule has 0 aromatic carbocycles. The second kappa shape index (κ2) is 5.08. The predicted molar refractivity (Wildman–Crippen MR) is 72.5 cm³/mol. The van der Waals surface area contributed by atoms with E-state index in [0.717, 1.165) is 32.7 Å². The van der Waals surface area contributed by atoms with Crippen molar-refractivity contribution in [2.45, 2.75) is 38.3 Å². The summed E-state index contributed by atoms with van der Waals surface area (Å²) in [5.74, 6) is 0.520.